The lowest BCUT2D eigenvalue weighted by atomic mass is 9.94. The second-order valence-electron chi connectivity index (χ2n) is 5.89. The monoisotopic (exact) mass is 346 g/mol. The number of urea groups is 1. The van der Waals surface area contributed by atoms with E-state index >= 15 is 0 Å². The molecule has 9 nitrogen and oxygen atoms in total. The minimum atomic E-state index is -0.350. The first-order valence-electron chi connectivity index (χ1n) is 8.26. The Morgan fingerprint density at radius 2 is 2.40 bits per heavy atom. The third-order valence-corrected chi connectivity index (χ3v) is 3.95. The van der Waals surface area contributed by atoms with Crippen LogP contribution in [0.5, 0.6) is 0 Å². The molecule has 2 aromatic rings. The quantitative estimate of drug-likeness (QED) is 0.743. The summed E-state index contributed by atoms with van der Waals surface area (Å²) in [5.41, 5.74) is 0. The first-order valence-corrected chi connectivity index (χ1v) is 8.26. The number of methoxy groups -OCH3 is 1. The van der Waals surface area contributed by atoms with Gasteiger partial charge in [-0.15, -0.1) is 0 Å². The number of carbonyl (C=O) groups excluding carboxylic acids is 1. The maximum atomic E-state index is 12.1. The van der Waals surface area contributed by atoms with Gasteiger partial charge in [-0.25, -0.2) is 9.48 Å². The lowest BCUT2D eigenvalue weighted by Crippen LogP contribution is -2.29. The summed E-state index contributed by atoms with van der Waals surface area (Å²) in [6.07, 6.45) is 9.39. The van der Waals surface area contributed by atoms with Crippen LogP contribution in [0.1, 0.15) is 31.0 Å². The normalized spacial score (nSPS) is 16.8. The van der Waals surface area contributed by atoms with Crippen LogP contribution in [0.3, 0.4) is 0 Å². The minimum Gasteiger partial charge on any atom is -0.377 e. The summed E-state index contributed by atoms with van der Waals surface area (Å²) < 4.78 is 11.8. The van der Waals surface area contributed by atoms with Crippen LogP contribution in [0, 0.1) is 5.92 Å². The zero-order valence-corrected chi connectivity index (χ0v) is 14.1. The van der Waals surface area contributed by atoms with Crippen molar-refractivity contribution in [3.05, 3.63) is 36.1 Å². The summed E-state index contributed by atoms with van der Waals surface area (Å²) in [7, 11) is 1.55. The Hall–Kier alpha value is -2.68. The molecular formula is C16H22N6O3. The van der Waals surface area contributed by atoms with E-state index in [0.29, 0.717) is 23.5 Å². The van der Waals surface area contributed by atoms with Crippen LogP contribution in [-0.2, 0) is 24.4 Å². The summed E-state index contributed by atoms with van der Waals surface area (Å²) in [5.74, 6) is 1.98. The Bertz CT molecular complexity index is 723. The van der Waals surface area contributed by atoms with Gasteiger partial charge >= 0.3 is 6.03 Å². The molecule has 2 heterocycles. The third-order valence-electron chi connectivity index (χ3n) is 3.95. The summed E-state index contributed by atoms with van der Waals surface area (Å²) in [6, 6.07) is 1.43. The third kappa shape index (κ3) is 4.90. The van der Waals surface area contributed by atoms with Crippen LogP contribution < -0.4 is 10.6 Å². The summed E-state index contributed by atoms with van der Waals surface area (Å²) in [6.45, 7) is 1.20. The van der Waals surface area contributed by atoms with E-state index in [1.165, 1.54) is 0 Å². The molecular weight excluding hydrogens is 324 g/mol. The zero-order valence-electron chi connectivity index (χ0n) is 14.1. The maximum absolute atomic E-state index is 12.1. The zero-order chi connectivity index (χ0) is 17.5. The van der Waals surface area contributed by atoms with Gasteiger partial charge in [-0.2, -0.15) is 10.1 Å². The summed E-state index contributed by atoms with van der Waals surface area (Å²) >= 11 is 0. The molecule has 2 amide bonds. The molecule has 3 rings (SSSR count). The Morgan fingerprint density at radius 3 is 3.20 bits per heavy atom. The van der Waals surface area contributed by atoms with Gasteiger partial charge in [0.2, 0.25) is 5.89 Å². The molecule has 0 aliphatic heterocycles. The van der Waals surface area contributed by atoms with Crippen molar-refractivity contribution in [1.29, 1.82) is 0 Å². The number of amides is 2. The Balaban J connectivity index is 1.49. The molecule has 1 aliphatic rings. The molecule has 1 aliphatic carbocycles. The molecule has 0 radical (unpaired) electrons. The molecule has 0 unspecified atom stereocenters. The molecule has 9 heteroatoms. The molecule has 2 N–H and O–H groups in total. The van der Waals surface area contributed by atoms with Gasteiger partial charge in [0.15, 0.2) is 5.82 Å². The van der Waals surface area contributed by atoms with Gasteiger partial charge in [0.1, 0.15) is 12.4 Å². The first-order chi connectivity index (χ1) is 12.2. The van der Waals surface area contributed by atoms with E-state index in [1.807, 2.05) is 4.68 Å². The number of hydrogen-bond acceptors (Lipinski definition) is 6. The minimum absolute atomic E-state index is 0.143. The SMILES string of the molecule is COCc1noc(CNC(=O)Nc2ccnn2C[C@@H]2CC=CCC2)n1. The lowest BCUT2D eigenvalue weighted by molar-refractivity contribution is 0.174. The highest BCUT2D eigenvalue weighted by atomic mass is 16.5. The van der Waals surface area contributed by atoms with Crippen LogP contribution in [0.2, 0.25) is 0 Å². The average molecular weight is 346 g/mol. The van der Waals surface area contributed by atoms with E-state index < -0.39 is 0 Å². The highest BCUT2D eigenvalue weighted by molar-refractivity contribution is 5.88. The van der Waals surface area contributed by atoms with Crippen LogP contribution in [0.4, 0.5) is 10.6 Å². The van der Waals surface area contributed by atoms with Gasteiger partial charge in [-0.05, 0) is 25.2 Å². The molecule has 0 bridgehead atoms. The van der Waals surface area contributed by atoms with Gasteiger partial charge in [0, 0.05) is 19.7 Å². The number of hydrogen-bond donors (Lipinski definition) is 2. The predicted molar refractivity (Wildman–Crippen MR) is 89.6 cm³/mol. The van der Waals surface area contributed by atoms with E-state index in [0.717, 1.165) is 25.8 Å². The Morgan fingerprint density at radius 1 is 1.48 bits per heavy atom. The second kappa shape index (κ2) is 8.43. The highest BCUT2D eigenvalue weighted by Crippen LogP contribution is 2.21. The van der Waals surface area contributed by atoms with E-state index in [-0.39, 0.29) is 19.2 Å². The van der Waals surface area contributed by atoms with Gasteiger partial charge in [-0.3, -0.25) is 5.32 Å². The molecule has 0 spiro atoms. The van der Waals surface area contributed by atoms with Crippen molar-refractivity contribution in [3.8, 4) is 0 Å². The fourth-order valence-corrected chi connectivity index (χ4v) is 2.72. The second-order valence-corrected chi connectivity index (χ2v) is 5.89. The van der Waals surface area contributed by atoms with Crippen LogP contribution in [-0.4, -0.2) is 33.1 Å². The molecule has 2 aromatic heterocycles. The Labute approximate surface area is 145 Å². The van der Waals surface area contributed by atoms with Crippen molar-refractivity contribution in [3.63, 3.8) is 0 Å². The number of allylic oxidation sites excluding steroid dienone is 2. The van der Waals surface area contributed by atoms with Crippen molar-refractivity contribution >= 4 is 11.8 Å². The summed E-state index contributed by atoms with van der Waals surface area (Å²) in [4.78, 5) is 16.2. The van der Waals surface area contributed by atoms with Crippen molar-refractivity contribution in [1.82, 2.24) is 25.2 Å². The highest BCUT2D eigenvalue weighted by Gasteiger charge is 2.14. The van der Waals surface area contributed by atoms with Gasteiger partial charge in [0.05, 0.1) is 12.7 Å². The topological polar surface area (TPSA) is 107 Å². The van der Waals surface area contributed by atoms with Crippen molar-refractivity contribution < 1.29 is 14.1 Å². The van der Waals surface area contributed by atoms with Gasteiger partial charge in [0.25, 0.3) is 0 Å². The number of nitrogens with one attached hydrogen (secondary N) is 2. The molecule has 1 atom stereocenters. The fraction of sp³-hybridized carbons (Fsp3) is 0.500. The van der Waals surface area contributed by atoms with Gasteiger partial charge in [-0.1, -0.05) is 17.3 Å². The molecule has 25 heavy (non-hydrogen) atoms. The molecule has 0 aromatic carbocycles. The van der Waals surface area contributed by atoms with E-state index in [9.17, 15) is 4.79 Å². The van der Waals surface area contributed by atoms with Crippen molar-refractivity contribution in [2.24, 2.45) is 5.92 Å². The van der Waals surface area contributed by atoms with E-state index in [1.54, 1.807) is 19.4 Å². The van der Waals surface area contributed by atoms with E-state index in [4.69, 9.17) is 9.26 Å². The first kappa shape index (κ1) is 17.2. The predicted octanol–water partition coefficient (Wildman–Crippen LogP) is 2.09. The number of carbonyl (C=O) groups is 1. The Kier molecular flexibility index (Phi) is 5.78. The largest absolute Gasteiger partial charge is 0.377 e. The molecule has 0 saturated carbocycles. The van der Waals surface area contributed by atoms with Crippen LogP contribution >= 0.6 is 0 Å². The molecule has 0 fully saturated rings. The van der Waals surface area contributed by atoms with Crippen LogP contribution in [0.25, 0.3) is 0 Å². The number of nitrogens with zero attached hydrogens (tertiary/aromatic N) is 4. The van der Waals surface area contributed by atoms with Crippen LogP contribution in [0.15, 0.2) is 28.9 Å². The van der Waals surface area contributed by atoms with Crippen molar-refractivity contribution in [2.45, 2.75) is 39.0 Å². The molecule has 0 saturated heterocycles. The van der Waals surface area contributed by atoms with E-state index in [2.05, 4.69) is 38.0 Å². The lowest BCUT2D eigenvalue weighted by Gasteiger charge is -2.19. The average Bonchev–Trinajstić information content (AvgIpc) is 3.24. The standard InChI is InChI=1S/C16H22N6O3/c1-24-11-13-19-15(25-21-13)9-17-16(23)20-14-7-8-18-22(14)10-12-5-3-2-4-6-12/h2-3,7-8,12H,4-6,9-11H2,1H3,(H2,17,20,23)/t12-/m1/s1. The number of rotatable bonds is 7. The summed E-state index contributed by atoms with van der Waals surface area (Å²) in [5, 5.41) is 13.5. The maximum Gasteiger partial charge on any atom is 0.320 e. The van der Waals surface area contributed by atoms with Gasteiger partial charge < -0.3 is 14.6 Å². The smallest absolute Gasteiger partial charge is 0.320 e. The fourth-order valence-electron chi connectivity index (χ4n) is 2.72. The number of aromatic nitrogens is 4. The van der Waals surface area contributed by atoms with Crippen molar-refractivity contribution in [2.75, 3.05) is 12.4 Å². The molecule has 134 valence electrons. The number of anilines is 1. The number of ether oxygens (including phenoxy) is 1.